The number of hydrogen-bond acceptors (Lipinski definition) is 3. The molecule has 0 saturated carbocycles. The van der Waals surface area contributed by atoms with E-state index in [0.29, 0.717) is 13.0 Å². The molecule has 4 nitrogen and oxygen atoms in total. The molecule has 1 rings (SSSR count). The van der Waals surface area contributed by atoms with Gasteiger partial charge < -0.3 is 14.7 Å². The smallest absolute Gasteiger partial charge is 0.332 e. The second kappa shape index (κ2) is 7.63. The summed E-state index contributed by atoms with van der Waals surface area (Å²) >= 11 is 0. The van der Waals surface area contributed by atoms with Gasteiger partial charge in [-0.3, -0.25) is 0 Å². The van der Waals surface area contributed by atoms with Crippen LogP contribution in [0.5, 0.6) is 0 Å². The number of aliphatic carboxylic acids is 1. The molecule has 1 aliphatic rings. The van der Waals surface area contributed by atoms with Gasteiger partial charge in [0.2, 0.25) is 0 Å². The molecule has 1 unspecified atom stereocenters. The van der Waals surface area contributed by atoms with E-state index >= 15 is 0 Å². The van der Waals surface area contributed by atoms with Crippen LogP contribution in [0, 0.1) is 0 Å². The van der Waals surface area contributed by atoms with E-state index in [-0.39, 0.29) is 0 Å². The van der Waals surface area contributed by atoms with Gasteiger partial charge in [0.15, 0.2) is 6.10 Å². The third kappa shape index (κ3) is 4.94. The molecule has 1 heterocycles. The van der Waals surface area contributed by atoms with Crippen molar-refractivity contribution in [3.05, 3.63) is 0 Å². The van der Waals surface area contributed by atoms with Gasteiger partial charge in [-0.15, -0.1) is 0 Å². The van der Waals surface area contributed by atoms with Crippen molar-refractivity contribution in [3.63, 3.8) is 0 Å². The average Bonchev–Trinajstić information content (AvgIpc) is 2.52. The minimum absolute atomic E-state index is 0.469. The highest BCUT2D eigenvalue weighted by atomic mass is 16.5. The van der Waals surface area contributed by atoms with Crippen molar-refractivity contribution in [1.82, 2.24) is 4.90 Å². The molecule has 1 aliphatic heterocycles. The number of nitrogens with zero attached hydrogens (tertiary/aromatic N) is 1. The van der Waals surface area contributed by atoms with Crippen molar-refractivity contribution in [2.45, 2.75) is 45.1 Å². The SMILES string of the molecule is CCOC(CCN1CCCCCC1)C(=O)O. The predicted molar refractivity (Wildman–Crippen MR) is 62.6 cm³/mol. The molecule has 16 heavy (non-hydrogen) atoms. The Morgan fingerprint density at radius 2 is 1.94 bits per heavy atom. The van der Waals surface area contributed by atoms with Gasteiger partial charge in [-0.05, 0) is 39.3 Å². The van der Waals surface area contributed by atoms with Crippen molar-refractivity contribution in [2.75, 3.05) is 26.2 Å². The molecular formula is C12H23NO3. The minimum Gasteiger partial charge on any atom is -0.479 e. The Hall–Kier alpha value is -0.610. The zero-order valence-electron chi connectivity index (χ0n) is 10.2. The highest BCUT2D eigenvalue weighted by Gasteiger charge is 2.19. The first-order valence-corrected chi connectivity index (χ1v) is 6.30. The molecule has 0 amide bonds. The standard InChI is InChI=1S/C12H23NO3/c1-2-16-11(12(14)15)7-10-13-8-5-3-4-6-9-13/h11H,2-10H2,1H3,(H,14,15). The topological polar surface area (TPSA) is 49.8 Å². The van der Waals surface area contributed by atoms with E-state index in [0.717, 1.165) is 19.6 Å². The Morgan fingerprint density at radius 3 is 2.44 bits per heavy atom. The maximum atomic E-state index is 10.9. The van der Waals surface area contributed by atoms with Crippen LogP contribution in [0.3, 0.4) is 0 Å². The zero-order valence-corrected chi connectivity index (χ0v) is 10.2. The van der Waals surface area contributed by atoms with E-state index in [9.17, 15) is 4.79 Å². The van der Waals surface area contributed by atoms with E-state index < -0.39 is 12.1 Å². The molecule has 0 spiro atoms. The fraction of sp³-hybridized carbons (Fsp3) is 0.917. The summed E-state index contributed by atoms with van der Waals surface area (Å²) in [4.78, 5) is 13.2. The highest BCUT2D eigenvalue weighted by molar-refractivity contribution is 5.72. The van der Waals surface area contributed by atoms with Crippen LogP contribution >= 0.6 is 0 Å². The Bertz CT molecular complexity index is 200. The summed E-state index contributed by atoms with van der Waals surface area (Å²) in [6.45, 7) is 5.37. The van der Waals surface area contributed by atoms with Gasteiger partial charge >= 0.3 is 5.97 Å². The summed E-state index contributed by atoms with van der Waals surface area (Å²) in [5.41, 5.74) is 0. The van der Waals surface area contributed by atoms with Crippen LogP contribution in [0.15, 0.2) is 0 Å². The van der Waals surface area contributed by atoms with Crippen molar-refractivity contribution in [3.8, 4) is 0 Å². The maximum Gasteiger partial charge on any atom is 0.332 e. The number of carbonyl (C=O) groups is 1. The number of carboxylic acids is 1. The fourth-order valence-electron chi connectivity index (χ4n) is 2.14. The van der Waals surface area contributed by atoms with Gasteiger partial charge in [0.05, 0.1) is 0 Å². The van der Waals surface area contributed by atoms with Gasteiger partial charge in [0.25, 0.3) is 0 Å². The molecule has 1 N–H and O–H groups in total. The lowest BCUT2D eigenvalue weighted by Gasteiger charge is -2.21. The predicted octanol–water partition coefficient (Wildman–Crippen LogP) is 1.74. The van der Waals surface area contributed by atoms with E-state index in [4.69, 9.17) is 9.84 Å². The van der Waals surface area contributed by atoms with Crippen molar-refractivity contribution >= 4 is 5.97 Å². The number of hydrogen-bond donors (Lipinski definition) is 1. The molecule has 1 saturated heterocycles. The average molecular weight is 229 g/mol. The largest absolute Gasteiger partial charge is 0.479 e. The first-order chi connectivity index (χ1) is 7.74. The summed E-state index contributed by atoms with van der Waals surface area (Å²) in [6.07, 6.45) is 5.07. The van der Waals surface area contributed by atoms with Crippen molar-refractivity contribution in [2.24, 2.45) is 0 Å². The molecule has 1 atom stereocenters. The lowest BCUT2D eigenvalue weighted by molar-refractivity contribution is -0.150. The number of rotatable bonds is 6. The van der Waals surface area contributed by atoms with Crippen LogP contribution in [0.4, 0.5) is 0 Å². The van der Waals surface area contributed by atoms with Gasteiger partial charge in [-0.25, -0.2) is 4.79 Å². The molecular weight excluding hydrogens is 206 g/mol. The van der Waals surface area contributed by atoms with Gasteiger partial charge in [-0.1, -0.05) is 12.8 Å². The first-order valence-electron chi connectivity index (χ1n) is 6.30. The Morgan fingerprint density at radius 1 is 1.31 bits per heavy atom. The molecule has 1 fully saturated rings. The van der Waals surface area contributed by atoms with Crippen LogP contribution in [-0.2, 0) is 9.53 Å². The Balaban J connectivity index is 2.26. The Labute approximate surface area is 97.6 Å². The number of carboxylic acid groups (broad SMARTS) is 1. The Kier molecular flexibility index (Phi) is 6.42. The highest BCUT2D eigenvalue weighted by Crippen LogP contribution is 2.11. The third-order valence-corrected chi connectivity index (χ3v) is 3.05. The normalized spacial score (nSPS) is 20.3. The van der Waals surface area contributed by atoms with Crippen LogP contribution in [0.1, 0.15) is 39.0 Å². The molecule has 0 bridgehead atoms. The summed E-state index contributed by atoms with van der Waals surface area (Å²) in [5, 5.41) is 8.95. The molecule has 0 aliphatic carbocycles. The van der Waals surface area contributed by atoms with Crippen LogP contribution in [0.25, 0.3) is 0 Å². The van der Waals surface area contributed by atoms with Crippen molar-refractivity contribution < 1.29 is 14.6 Å². The van der Waals surface area contributed by atoms with E-state index in [1.165, 1.54) is 25.7 Å². The monoisotopic (exact) mass is 229 g/mol. The molecule has 0 aromatic rings. The maximum absolute atomic E-state index is 10.9. The molecule has 0 radical (unpaired) electrons. The lowest BCUT2D eigenvalue weighted by atomic mass is 10.2. The summed E-state index contributed by atoms with van der Waals surface area (Å²) in [5.74, 6) is -0.836. The quantitative estimate of drug-likeness (QED) is 0.753. The number of ether oxygens (including phenoxy) is 1. The van der Waals surface area contributed by atoms with Crippen LogP contribution < -0.4 is 0 Å². The second-order valence-electron chi connectivity index (χ2n) is 4.33. The third-order valence-electron chi connectivity index (χ3n) is 3.05. The van der Waals surface area contributed by atoms with Crippen molar-refractivity contribution in [1.29, 1.82) is 0 Å². The minimum atomic E-state index is -0.836. The van der Waals surface area contributed by atoms with E-state index in [2.05, 4.69) is 4.90 Å². The second-order valence-corrected chi connectivity index (χ2v) is 4.33. The summed E-state index contributed by atoms with van der Waals surface area (Å²) in [7, 11) is 0. The van der Waals surface area contributed by atoms with Crippen LogP contribution in [0.2, 0.25) is 0 Å². The van der Waals surface area contributed by atoms with E-state index in [1.54, 1.807) is 0 Å². The fourth-order valence-corrected chi connectivity index (χ4v) is 2.14. The molecule has 94 valence electrons. The van der Waals surface area contributed by atoms with Gasteiger partial charge in [-0.2, -0.15) is 0 Å². The number of likely N-dealkylation sites (tertiary alicyclic amines) is 1. The van der Waals surface area contributed by atoms with Gasteiger partial charge in [0.1, 0.15) is 0 Å². The molecule has 4 heteroatoms. The first kappa shape index (κ1) is 13.5. The van der Waals surface area contributed by atoms with Crippen LogP contribution in [-0.4, -0.2) is 48.3 Å². The van der Waals surface area contributed by atoms with E-state index in [1.807, 2.05) is 6.92 Å². The molecule has 0 aromatic heterocycles. The molecule has 0 aromatic carbocycles. The van der Waals surface area contributed by atoms with Gasteiger partial charge in [0, 0.05) is 13.2 Å². The summed E-state index contributed by atoms with van der Waals surface area (Å²) < 4.78 is 5.20. The lowest BCUT2D eigenvalue weighted by Crippen LogP contribution is -2.32. The zero-order chi connectivity index (χ0) is 11.8. The summed E-state index contributed by atoms with van der Waals surface area (Å²) in [6, 6.07) is 0.